The number of aryl methyl sites for hydroxylation is 2. The SMILES string of the molecule is NC1=NC(c2ccc(CCc3ccccc3)cc2)NCC1. The Morgan fingerprint density at radius 1 is 0.952 bits per heavy atom. The van der Waals surface area contributed by atoms with Gasteiger partial charge in [-0.15, -0.1) is 0 Å². The van der Waals surface area contributed by atoms with Gasteiger partial charge in [0.2, 0.25) is 0 Å². The lowest BCUT2D eigenvalue weighted by Gasteiger charge is -2.20. The lowest BCUT2D eigenvalue weighted by atomic mass is 10.0. The fourth-order valence-electron chi connectivity index (χ4n) is 2.61. The minimum Gasteiger partial charge on any atom is -0.387 e. The van der Waals surface area contributed by atoms with E-state index in [-0.39, 0.29) is 6.17 Å². The molecule has 0 radical (unpaired) electrons. The number of nitrogens with zero attached hydrogens (tertiary/aromatic N) is 1. The molecule has 21 heavy (non-hydrogen) atoms. The average Bonchev–Trinajstić information content (AvgIpc) is 2.54. The summed E-state index contributed by atoms with van der Waals surface area (Å²) in [7, 11) is 0. The van der Waals surface area contributed by atoms with Crippen molar-refractivity contribution in [2.75, 3.05) is 6.54 Å². The number of hydrogen-bond acceptors (Lipinski definition) is 3. The number of nitrogens with two attached hydrogens (primary N) is 1. The van der Waals surface area contributed by atoms with Gasteiger partial charge in [0.25, 0.3) is 0 Å². The standard InChI is InChI=1S/C18H21N3/c19-17-12-13-20-18(21-17)16-10-8-15(9-11-16)7-6-14-4-2-1-3-5-14/h1-5,8-11,18,20H,6-7,12-13H2,(H2,19,21). The first-order valence-corrected chi connectivity index (χ1v) is 7.49. The molecule has 3 heteroatoms. The highest BCUT2D eigenvalue weighted by Gasteiger charge is 2.13. The molecule has 1 heterocycles. The lowest BCUT2D eigenvalue weighted by molar-refractivity contribution is 0.539. The molecule has 1 unspecified atom stereocenters. The van der Waals surface area contributed by atoms with Crippen LogP contribution >= 0.6 is 0 Å². The fraction of sp³-hybridized carbons (Fsp3) is 0.278. The summed E-state index contributed by atoms with van der Waals surface area (Å²) in [5.74, 6) is 0.743. The van der Waals surface area contributed by atoms with E-state index < -0.39 is 0 Å². The molecule has 0 aromatic heterocycles. The summed E-state index contributed by atoms with van der Waals surface area (Å²) in [6, 6.07) is 19.3. The van der Waals surface area contributed by atoms with Gasteiger partial charge >= 0.3 is 0 Å². The van der Waals surface area contributed by atoms with Gasteiger partial charge in [-0.3, -0.25) is 5.32 Å². The third-order valence-electron chi connectivity index (χ3n) is 3.85. The monoisotopic (exact) mass is 279 g/mol. The molecule has 1 aliphatic rings. The third kappa shape index (κ3) is 3.70. The molecular formula is C18H21N3. The van der Waals surface area contributed by atoms with Crippen LogP contribution < -0.4 is 11.1 Å². The largest absolute Gasteiger partial charge is 0.387 e. The quantitative estimate of drug-likeness (QED) is 0.904. The van der Waals surface area contributed by atoms with Crippen molar-refractivity contribution in [2.45, 2.75) is 25.4 Å². The topological polar surface area (TPSA) is 50.4 Å². The van der Waals surface area contributed by atoms with Gasteiger partial charge in [-0.05, 0) is 29.5 Å². The van der Waals surface area contributed by atoms with Gasteiger partial charge < -0.3 is 5.73 Å². The number of hydrogen-bond donors (Lipinski definition) is 2. The first-order chi connectivity index (χ1) is 10.3. The molecule has 1 atom stereocenters. The van der Waals surface area contributed by atoms with Crippen LogP contribution in [0.1, 0.15) is 29.3 Å². The maximum Gasteiger partial charge on any atom is 0.127 e. The Morgan fingerprint density at radius 3 is 2.29 bits per heavy atom. The van der Waals surface area contributed by atoms with Crippen LogP contribution in [-0.4, -0.2) is 12.4 Å². The Labute approximate surface area is 125 Å². The Kier molecular flexibility index (Phi) is 4.31. The highest BCUT2D eigenvalue weighted by Crippen LogP contribution is 2.18. The number of amidine groups is 1. The molecule has 2 aromatic rings. The van der Waals surface area contributed by atoms with Crippen LogP contribution in [0.2, 0.25) is 0 Å². The van der Waals surface area contributed by atoms with Crippen LogP contribution in [-0.2, 0) is 12.8 Å². The molecule has 3 nitrogen and oxygen atoms in total. The second kappa shape index (κ2) is 6.55. The second-order valence-corrected chi connectivity index (χ2v) is 5.45. The van der Waals surface area contributed by atoms with Crippen LogP contribution in [0, 0.1) is 0 Å². The van der Waals surface area contributed by atoms with Gasteiger partial charge in [-0.1, -0.05) is 54.6 Å². The van der Waals surface area contributed by atoms with Crippen molar-refractivity contribution in [2.24, 2.45) is 10.7 Å². The van der Waals surface area contributed by atoms with Crippen LogP contribution in [0.4, 0.5) is 0 Å². The zero-order chi connectivity index (χ0) is 14.5. The third-order valence-corrected chi connectivity index (χ3v) is 3.85. The molecule has 3 rings (SSSR count). The first-order valence-electron chi connectivity index (χ1n) is 7.49. The van der Waals surface area contributed by atoms with Crippen LogP contribution in [0.15, 0.2) is 59.6 Å². The van der Waals surface area contributed by atoms with E-state index in [1.54, 1.807) is 0 Å². The fourth-order valence-corrected chi connectivity index (χ4v) is 2.61. The number of nitrogens with one attached hydrogen (secondary N) is 1. The van der Waals surface area contributed by atoms with Gasteiger partial charge in [0.05, 0.1) is 5.84 Å². The van der Waals surface area contributed by atoms with Gasteiger partial charge in [0, 0.05) is 13.0 Å². The number of benzene rings is 2. The van der Waals surface area contributed by atoms with E-state index in [1.807, 2.05) is 0 Å². The second-order valence-electron chi connectivity index (χ2n) is 5.45. The normalized spacial score (nSPS) is 18.3. The van der Waals surface area contributed by atoms with Gasteiger partial charge in [-0.25, -0.2) is 4.99 Å². The molecule has 3 N–H and O–H groups in total. The zero-order valence-electron chi connectivity index (χ0n) is 12.1. The summed E-state index contributed by atoms with van der Waals surface area (Å²) in [5, 5.41) is 3.38. The minimum atomic E-state index is 0.0157. The number of rotatable bonds is 4. The molecule has 1 aliphatic heterocycles. The summed E-state index contributed by atoms with van der Waals surface area (Å²) in [4.78, 5) is 4.46. The highest BCUT2D eigenvalue weighted by molar-refractivity contribution is 5.81. The maximum atomic E-state index is 5.81. The summed E-state index contributed by atoms with van der Waals surface area (Å²) in [6.07, 6.45) is 2.99. The molecule has 2 aromatic carbocycles. The molecule has 0 spiro atoms. The van der Waals surface area contributed by atoms with Crippen molar-refractivity contribution < 1.29 is 0 Å². The van der Waals surface area contributed by atoms with Crippen molar-refractivity contribution in [3.8, 4) is 0 Å². The van der Waals surface area contributed by atoms with Gasteiger partial charge in [0.15, 0.2) is 0 Å². The summed E-state index contributed by atoms with van der Waals surface area (Å²) >= 11 is 0. The summed E-state index contributed by atoms with van der Waals surface area (Å²) < 4.78 is 0. The summed E-state index contributed by atoms with van der Waals surface area (Å²) in [5.41, 5.74) is 9.74. The molecule has 0 fully saturated rings. The van der Waals surface area contributed by atoms with E-state index in [9.17, 15) is 0 Å². The van der Waals surface area contributed by atoms with Gasteiger partial charge in [0.1, 0.15) is 6.17 Å². The highest BCUT2D eigenvalue weighted by atomic mass is 15.1. The predicted molar refractivity (Wildman–Crippen MR) is 87.3 cm³/mol. The predicted octanol–water partition coefficient (Wildman–Crippen LogP) is 2.82. The van der Waals surface area contributed by atoms with E-state index in [0.717, 1.165) is 31.6 Å². The van der Waals surface area contributed by atoms with E-state index in [1.165, 1.54) is 16.7 Å². The van der Waals surface area contributed by atoms with Crippen molar-refractivity contribution >= 4 is 5.84 Å². The Morgan fingerprint density at radius 2 is 1.62 bits per heavy atom. The molecule has 0 amide bonds. The van der Waals surface area contributed by atoms with Gasteiger partial charge in [-0.2, -0.15) is 0 Å². The van der Waals surface area contributed by atoms with Crippen LogP contribution in [0.3, 0.4) is 0 Å². The molecule has 0 bridgehead atoms. The minimum absolute atomic E-state index is 0.0157. The van der Waals surface area contributed by atoms with E-state index in [4.69, 9.17) is 5.73 Å². The first kappa shape index (κ1) is 13.8. The smallest absolute Gasteiger partial charge is 0.127 e. The van der Waals surface area contributed by atoms with E-state index in [2.05, 4.69) is 64.9 Å². The molecular weight excluding hydrogens is 258 g/mol. The van der Waals surface area contributed by atoms with Crippen LogP contribution in [0.5, 0.6) is 0 Å². The zero-order valence-corrected chi connectivity index (χ0v) is 12.1. The maximum absolute atomic E-state index is 5.81. The lowest BCUT2D eigenvalue weighted by Crippen LogP contribution is -2.32. The molecule has 0 aliphatic carbocycles. The summed E-state index contributed by atoms with van der Waals surface area (Å²) in [6.45, 7) is 0.899. The van der Waals surface area contributed by atoms with Crippen molar-refractivity contribution in [3.05, 3.63) is 71.3 Å². The van der Waals surface area contributed by atoms with Crippen molar-refractivity contribution in [1.82, 2.24) is 5.32 Å². The molecule has 108 valence electrons. The molecule has 0 saturated heterocycles. The number of aliphatic imine (C=N–C) groups is 1. The average molecular weight is 279 g/mol. The van der Waals surface area contributed by atoms with Crippen molar-refractivity contribution in [3.63, 3.8) is 0 Å². The van der Waals surface area contributed by atoms with Crippen LogP contribution in [0.25, 0.3) is 0 Å². The Bertz CT molecular complexity index is 602. The van der Waals surface area contributed by atoms with E-state index in [0.29, 0.717) is 0 Å². The molecule has 0 saturated carbocycles. The Balaban J connectivity index is 1.63. The van der Waals surface area contributed by atoms with E-state index >= 15 is 0 Å². The van der Waals surface area contributed by atoms with Crippen molar-refractivity contribution in [1.29, 1.82) is 0 Å². The Hall–Kier alpha value is -2.13.